The number of piperazine rings is 1. The monoisotopic (exact) mass is 590 g/mol. The molecule has 0 amide bonds. The molecule has 2 heterocycles. The van der Waals surface area contributed by atoms with E-state index in [1.54, 1.807) is 18.2 Å². The van der Waals surface area contributed by atoms with E-state index in [9.17, 15) is 14.4 Å². The van der Waals surface area contributed by atoms with Gasteiger partial charge in [0.15, 0.2) is 5.96 Å². The number of aliphatic imine (C=N–C) groups is 1. The van der Waals surface area contributed by atoms with Gasteiger partial charge in [0.1, 0.15) is 11.6 Å². The lowest BCUT2D eigenvalue weighted by Crippen LogP contribution is -2.57. The summed E-state index contributed by atoms with van der Waals surface area (Å²) in [6.45, 7) is 11.3. The predicted octanol–water partition coefficient (Wildman–Crippen LogP) is 5.02. The first kappa shape index (κ1) is 29.6. The molecule has 10 heteroatoms. The molecular weight excluding hydrogens is 547 g/mol. The van der Waals surface area contributed by atoms with E-state index >= 15 is 0 Å². The van der Waals surface area contributed by atoms with Crippen LogP contribution >= 0.6 is 0 Å². The highest BCUT2D eigenvalue weighted by Gasteiger charge is 2.56. The van der Waals surface area contributed by atoms with Crippen molar-refractivity contribution in [3.8, 4) is 5.75 Å². The zero-order valence-electron chi connectivity index (χ0n) is 25.8. The van der Waals surface area contributed by atoms with Gasteiger partial charge < -0.3 is 20.2 Å². The van der Waals surface area contributed by atoms with Gasteiger partial charge in [0.05, 0.1) is 30.4 Å². The zero-order valence-corrected chi connectivity index (χ0v) is 25.8. The molecule has 1 aliphatic heterocycles. The van der Waals surface area contributed by atoms with Crippen LogP contribution in [-0.2, 0) is 13.0 Å². The van der Waals surface area contributed by atoms with Crippen molar-refractivity contribution in [1.82, 2.24) is 19.5 Å². The molecule has 5 atom stereocenters. The SMILES string of the molecule is COc1ccc(CCn2cnc3cc(NC(=N[C@@H]4C[C@H]5C[C@H]([C@H]4C)C5(C)C)N4CCN(O)[C@@H](C)C4)ccc3c2=O)c(F)c1. The normalized spacial score (nSPS) is 27.2. The van der Waals surface area contributed by atoms with Crippen LogP contribution in [0.15, 0.2) is 52.5 Å². The maximum Gasteiger partial charge on any atom is 0.261 e. The lowest BCUT2D eigenvalue weighted by Gasteiger charge is -2.61. The van der Waals surface area contributed by atoms with Crippen molar-refractivity contribution in [2.24, 2.45) is 28.2 Å². The first-order chi connectivity index (χ1) is 20.5. The van der Waals surface area contributed by atoms with Crippen molar-refractivity contribution >= 4 is 22.5 Å². The number of anilines is 1. The van der Waals surface area contributed by atoms with Crippen molar-refractivity contribution in [2.75, 3.05) is 32.1 Å². The quantitative estimate of drug-likeness (QED) is 0.308. The molecule has 7 rings (SSSR count). The molecule has 2 bridgehead atoms. The number of methoxy groups -OCH3 is 1. The Morgan fingerprint density at radius 1 is 1.19 bits per heavy atom. The molecule has 1 aromatic heterocycles. The Morgan fingerprint density at radius 3 is 2.70 bits per heavy atom. The van der Waals surface area contributed by atoms with Crippen LogP contribution in [-0.4, -0.2) is 69.5 Å². The third-order valence-electron chi connectivity index (χ3n) is 10.5. The van der Waals surface area contributed by atoms with E-state index in [0.717, 1.165) is 18.1 Å². The Labute approximate surface area is 252 Å². The summed E-state index contributed by atoms with van der Waals surface area (Å²) in [7, 11) is 1.50. The van der Waals surface area contributed by atoms with Crippen LogP contribution in [0.1, 0.15) is 46.1 Å². The standard InChI is InChI=1S/C33H43FN6O3/c1-20-18-38(12-13-40(20)42)32(37-29-15-23-14-27(21(29)2)33(23,3)4)36-24-7-9-26-30(16-24)35-19-39(31(26)41)11-10-22-6-8-25(43-5)17-28(22)34/h6-9,16-17,19-21,23,27,29,42H,10-15,18H2,1-5H3,(H,36,37)/t20-,21+,23+,27+,29+/m0/s1. The number of hydrogen-bond donors (Lipinski definition) is 2. The Kier molecular flexibility index (Phi) is 7.93. The molecule has 2 aromatic carbocycles. The second kappa shape index (κ2) is 11.5. The van der Waals surface area contributed by atoms with Gasteiger partial charge in [-0.25, -0.2) is 14.4 Å². The molecule has 9 nitrogen and oxygen atoms in total. The summed E-state index contributed by atoms with van der Waals surface area (Å²) in [4.78, 5) is 25.4. The first-order valence-corrected chi connectivity index (χ1v) is 15.4. The summed E-state index contributed by atoms with van der Waals surface area (Å²) in [5, 5.41) is 15.7. The molecule has 3 aromatic rings. The summed E-state index contributed by atoms with van der Waals surface area (Å²) in [5.74, 6) is 2.80. The van der Waals surface area contributed by atoms with Gasteiger partial charge in [-0.15, -0.1) is 0 Å². The smallest absolute Gasteiger partial charge is 0.261 e. The number of hydrogen-bond acceptors (Lipinski definition) is 6. The van der Waals surface area contributed by atoms with E-state index in [1.807, 2.05) is 19.1 Å². The molecule has 2 N–H and O–H groups in total. The third kappa shape index (κ3) is 5.62. The number of aromatic nitrogens is 2. The summed E-state index contributed by atoms with van der Waals surface area (Å²) >= 11 is 0. The average Bonchev–Trinajstić information content (AvgIpc) is 2.99. The third-order valence-corrected chi connectivity index (χ3v) is 10.5. The van der Waals surface area contributed by atoms with Crippen molar-refractivity contribution in [3.05, 3.63) is 64.5 Å². The van der Waals surface area contributed by atoms with Gasteiger partial charge in [-0.1, -0.05) is 26.8 Å². The minimum absolute atomic E-state index is 0.0139. The van der Waals surface area contributed by atoms with E-state index < -0.39 is 0 Å². The van der Waals surface area contributed by atoms with Gasteiger partial charge in [-0.05, 0) is 79.2 Å². The second-order valence-electron chi connectivity index (χ2n) is 13.2. The van der Waals surface area contributed by atoms with E-state index in [4.69, 9.17) is 9.73 Å². The number of benzene rings is 2. The number of fused-ring (bicyclic) bond motifs is 3. The van der Waals surface area contributed by atoms with Crippen LogP contribution in [0.5, 0.6) is 5.75 Å². The lowest BCUT2D eigenvalue weighted by atomic mass is 9.45. The number of hydroxylamine groups is 2. The Bertz CT molecular complexity index is 1590. The van der Waals surface area contributed by atoms with Gasteiger partial charge >= 0.3 is 0 Å². The van der Waals surface area contributed by atoms with Crippen molar-refractivity contribution < 1.29 is 14.3 Å². The number of guanidine groups is 1. The molecule has 0 unspecified atom stereocenters. The van der Waals surface area contributed by atoms with E-state index in [1.165, 1.54) is 35.6 Å². The summed E-state index contributed by atoms with van der Waals surface area (Å²) in [5.41, 5.74) is 2.14. The van der Waals surface area contributed by atoms with Crippen LogP contribution in [0.2, 0.25) is 0 Å². The minimum Gasteiger partial charge on any atom is -0.497 e. The largest absolute Gasteiger partial charge is 0.497 e. The Morgan fingerprint density at radius 2 is 2.00 bits per heavy atom. The van der Waals surface area contributed by atoms with Gasteiger partial charge in [0.2, 0.25) is 0 Å². The fourth-order valence-electron chi connectivity index (χ4n) is 7.41. The number of aryl methyl sites for hydroxylation is 2. The van der Waals surface area contributed by atoms with Crippen LogP contribution in [0.25, 0.3) is 10.9 Å². The van der Waals surface area contributed by atoms with Crippen LogP contribution in [0, 0.1) is 29.0 Å². The molecule has 0 radical (unpaired) electrons. The Hall–Kier alpha value is -3.50. The van der Waals surface area contributed by atoms with Crippen molar-refractivity contribution in [2.45, 2.75) is 65.6 Å². The van der Waals surface area contributed by atoms with Gasteiger partial charge in [-0.2, -0.15) is 5.06 Å². The van der Waals surface area contributed by atoms with Gasteiger partial charge in [0.25, 0.3) is 5.56 Å². The molecule has 230 valence electrons. The topological polar surface area (TPSA) is 95.2 Å². The maximum absolute atomic E-state index is 14.4. The fourth-order valence-corrected chi connectivity index (χ4v) is 7.41. The summed E-state index contributed by atoms with van der Waals surface area (Å²) < 4.78 is 21.0. The fraction of sp³-hybridized carbons (Fsp3) is 0.545. The van der Waals surface area contributed by atoms with Crippen molar-refractivity contribution in [3.63, 3.8) is 0 Å². The Balaban J connectivity index is 1.23. The molecule has 3 saturated carbocycles. The van der Waals surface area contributed by atoms with Crippen molar-refractivity contribution in [1.29, 1.82) is 0 Å². The van der Waals surface area contributed by atoms with E-state index in [0.29, 0.717) is 78.0 Å². The summed E-state index contributed by atoms with van der Waals surface area (Å²) in [6.07, 6.45) is 4.28. The number of halogens is 1. The number of nitrogens with one attached hydrogen (secondary N) is 1. The van der Waals surface area contributed by atoms with Crippen LogP contribution < -0.4 is 15.6 Å². The zero-order chi connectivity index (χ0) is 30.5. The number of ether oxygens (including phenoxy) is 1. The van der Waals surface area contributed by atoms with E-state index in [-0.39, 0.29) is 23.5 Å². The highest BCUT2D eigenvalue weighted by molar-refractivity contribution is 5.96. The molecular formula is C33H43FN6O3. The average molecular weight is 591 g/mol. The molecule has 1 saturated heterocycles. The summed E-state index contributed by atoms with van der Waals surface area (Å²) in [6, 6.07) is 10.6. The van der Waals surface area contributed by atoms with Gasteiger partial charge in [0, 0.05) is 44.0 Å². The highest BCUT2D eigenvalue weighted by Crippen LogP contribution is 2.61. The van der Waals surface area contributed by atoms with Crippen LogP contribution in [0.4, 0.5) is 10.1 Å². The predicted molar refractivity (Wildman–Crippen MR) is 166 cm³/mol. The molecule has 0 spiro atoms. The molecule has 3 aliphatic carbocycles. The second-order valence-corrected chi connectivity index (χ2v) is 13.2. The van der Waals surface area contributed by atoms with Crippen LogP contribution in [0.3, 0.4) is 0 Å². The van der Waals surface area contributed by atoms with E-state index in [2.05, 4.69) is 36.0 Å². The van der Waals surface area contributed by atoms with Gasteiger partial charge in [-0.3, -0.25) is 9.36 Å². The first-order valence-electron chi connectivity index (χ1n) is 15.4. The number of rotatable bonds is 6. The lowest BCUT2D eigenvalue weighted by molar-refractivity contribution is -0.142. The molecule has 4 aliphatic rings. The maximum atomic E-state index is 14.4. The number of nitrogens with zero attached hydrogens (tertiary/aromatic N) is 5. The minimum atomic E-state index is -0.354. The molecule has 4 fully saturated rings. The highest BCUT2D eigenvalue weighted by atomic mass is 19.1. The molecule has 43 heavy (non-hydrogen) atoms.